The number of para-hydroxylation sites is 1. The molecule has 8 heteroatoms. The van der Waals surface area contributed by atoms with E-state index in [1.54, 1.807) is 9.58 Å². The number of hydrogen-bond donors (Lipinski definition) is 0. The Hall–Kier alpha value is -2.61. The molecule has 5 nitrogen and oxygen atoms in total. The fourth-order valence-corrected chi connectivity index (χ4v) is 5.22. The largest absolute Gasteiger partial charge is 0.492 e. The average molecular weight is 498 g/mol. The summed E-state index contributed by atoms with van der Waals surface area (Å²) in [6, 6.07) is 15.5. The lowest BCUT2D eigenvalue weighted by Crippen LogP contribution is -2.36. The number of hydrogen-bond acceptors (Lipinski definition) is 5. The van der Waals surface area contributed by atoms with Crippen molar-refractivity contribution in [3.8, 4) is 22.7 Å². The number of carbonyl (C=O) groups is 1. The summed E-state index contributed by atoms with van der Waals surface area (Å²) in [7, 11) is 0. The Morgan fingerprint density at radius 1 is 1.21 bits per heavy atom. The number of thioether (sulfide) groups is 1. The zero-order valence-electron chi connectivity index (χ0n) is 18.6. The van der Waals surface area contributed by atoms with Crippen molar-refractivity contribution < 1.29 is 9.53 Å². The minimum absolute atomic E-state index is 0.0554. The van der Waals surface area contributed by atoms with Crippen molar-refractivity contribution in [3.63, 3.8) is 0 Å². The zero-order valence-corrected chi connectivity index (χ0v) is 21.0. The second kappa shape index (κ2) is 10.1. The lowest BCUT2D eigenvalue weighted by molar-refractivity contribution is -0.123. The Morgan fingerprint density at radius 3 is 2.64 bits per heavy atom. The lowest BCUT2D eigenvalue weighted by Gasteiger charge is -2.21. The van der Waals surface area contributed by atoms with Crippen LogP contribution in [0.1, 0.15) is 32.8 Å². The van der Waals surface area contributed by atoms with E-state index in [4.69, 9.17) is 33.7 Å². The number of thiocarbonyl (C=S) groups is 1. The quantitative estimate of drug-likeness (QED) is 0.272. The Balaban J connectivity index is 1.80. The molecule has 0 saturated carbocycles. The number of amides is 1. The molecule has 4 rings (SSSR count). The first-order chi connectivity index (χ1) is 15.9. The molecule has 2 heterocycles. The molecule has 1 atom stereocenters. The van der Waals surface area contributed by atoms with Gasteiger partial charge in [0.2, 0.25) is 0 Å². The molecule has 3 aromatic rings. The van der Waals surface area contributed by atoms with E-state index in [2.05, 4.69) is 0 Å². The van der Waals surface area contributed by atoms with Crippen molar-refractivity contribution in [1.29, 1.82) is 0 Å². The van der Waals surface area contributed by atoms with Gasteiger partial charge in [-0.25, -0.2) is 4.68 Å². The Labute approximate surface area is 208 Å². The van der Waals surface area contributed by atoms with Gasteiger partial charge in [-0.1, -0.05) is 60.7 Å². The smallest absolute Gasteiger partial charge is 0.266 e. The summed E-state index contributed by atoms with van der Waals surface area (Å²) in [5, 5.41) is 5.34. The number of carbonyl (C=O) groups excluding carboxylic acids is 1. The molecular weight excluding hydrogens is 474 g/mol. The maximum Gasteiger partial charge on any atom is 0.266 e. The first kappa shape index (κ1) is 23.5. The molecule has 0 spiro atoms. The topological polar surface area (TPSA) is 47.4 Å². The van der Waals surface area contributed by atoms with Crippen LogP contribution < -0.4 is 4.74 Å². The van der Waals surface area contributed by atoms with Crippen LogP contribution in [0.15, 0.2) is 59.6 Å². The van der Waals surface area contributed by atoms with Gasteiger partial charge in [-0.3, -0.25) is 9.69 Å². The van der Waals surface area contributed by atoms with Crippen LogP contribution in [-0.4, -0.2) is 37.6 Å². The second-order valence-corrected chi connectivity index (χ2v) is 9.68. The van der Waals surface area contributed by atoms with Crippen molar-refractivity contribution in [2.75, 3.05) is 6.61 Å². The molecule has 1 aliphatic heterocycles. The Kier molecular flexibility index (Phi) is 7.22. The Bertz CT molecular complexity index is 1220. The third kappa shape index (κ3) is 4.86. The van der Waals surface area contributed by atoms with Gasteiger partial charge in [0, 0.05) is 23.4 Å². The molecular formula is C25H24ClN3O2S2. The van der Waals surface area contributed by atoms with E-state index in [9.17, 15) is 4.79 Å². The van der Waals surface area contributed by atoms with Crippen molar-refractivity contribution in [3.05, 3.63) is 70.2 Å². The van der Waals surface area contributed by atoms with Crippen LogP contribution in [0.4, 0.5) is 0 Å². The van der Waals surface area contributed by atoms with Gasteiger partial charge >= 0.3 is 0 Å². The van der Waals surface area contributed by atoms with Crippen LogP contribution in [0.3, 0.4) is 0 Å². The van der Waals surface area contributed by atoms with Crippen LogP contribution in [0.5, 0.6) is 5.75 Å². The summed E-state index contributed by atoms with van der Waals surface area (Å²) in [6.07, 6.45) is 4.63. The standard InChI is InChI=1S/C25H24ClN3O2S2/c1-4-16(3)29-24(30)22(33-25(29)32)14-18-15-28(19-9-7-6-8-10-19)27-23(18)17-11-12-21(31-5-2)20(26)13-17/h6-16H,4-5H2,1-3H3/b22-14-/t16-/m1/s1. The molecule has 1 amide bonds. The third-order valence-corrected chi connectivity index (χ3v) is 7.04. The molecule has 0 N–H and O–H groups in total. The second-order valence-electron chi connectivity index (χ2n) is 7.60. The van der Waals surface area contributed by atoms with Gasteiger partial charge in [0.15, 0.2) is 0 Å². The lowest BCUT2D eigenvalue weighted by atomic mass is 10.1. The van der Waals surface area contributed by atoms with Crippen molar-refractivity contribution in [1.82, 2.24) is 14.7 Å². The summed E-state index contributed by atoms with van der Waals surface area (Å²) in [6.45, 7) is 6.50. The number of benzene rings is 2. The van der Waals surface area contributed by atoms with Crippen molar-refractivity contribution in [2.24, 2.45) is 0 Å². The average Bonchev–Trinajstić information content (AvgIpc) is 3.36. The van der Waals surface area contributed by atoms with E-state index in [0.29, 0.717) is 26.6 Å². The van der Waals surface area contributed by atoms with E-state index in [0.717, 1.165) is 28.9 Å². The highest BCUT2D eigenvalue weighted by Crippen LogP contribution is 2.37. The SMILES string of the molecule is CCOc1ccc(-c2nn(-c3ccccc3)cc2/C=C2\SC(=S)N([C@H](C)CC)C2=O)cc1Cl. The maximum atomic E-state index is 13.1. The molecule has 1 saturated heterocycles. The molecule has 0 radical (unpaired) electrons. The number of nitrogens with zero attached hydrogens (tertiary/aromatic N) is 3. The van der Waals surface area contributed by atoms with Crippen LogP contribution in [-0.2, 0) is 4.79 Å². The zero-order chi connectivity index (χ0) is 23.5. The van der Waals surface area contributed by atoms with Crippen molar-refractivity contribution >= 4 is 51.9 Å². The maximum absolute atomic E-state index is 13.1. The normalized spacial score (nSPS) is 16.0. The highest BCUT2D eigenvalue weighted by molar-refractivity contribution is 8.26. The van der Waals surface area contributed by atoms with Crippen LogP contribution >= 0.6 is 35.6 Å². The van der Waals surface area contributed by atoms with Crippen LogP contribution in [0, 0.1) is 0 Å². The van der Waals surface area contributed by atoms with Crippen molar-refractivity contribution in [2.45, 2.75) is 33.2 Å². The van der Waals surface area contributed by atoms with Gasteiger partial charge in [-0.15, -0.1) is 0 Å². The van der Waals surface area contributed by atoms with E-state index in [1.807, 2.05) is 81.6 Å². The first-order valence-corrected chi connectivity index (χ1v) is 12.4. The molecule has 0 unspecified atom stereocenters. The highest BCUT2D eigenvalue weighted by atomic mass is 35.5. The predicted molar refractivity (Wildman–Crippen MR) is 140 cm³/mol. The molecule has 0 bridgehead atoms. The number of aromatic nitrogens is 2. The van der Waals surface area contributed by atoms with Crippen LogP contribution in [0.25, 0.3) is 23.0 Å². The summed E-state index contributed by atoms with van der Waals surface area (Å²) in [5.74, 6) is 0.559. The van der Waals surface area contributed by atoms with E-state index < -0.39 is 0 Å². The molecule has 1 aromatic heterocycles. The van der Waals surface area contributed by atoms with Crippen LogP contribution in [0.2, 0.25) is 5.02 Å². The van der Waals surface area contributed by atoms with Gasteiger partial charge in [0.1, 0.15) is 15.8 Å². The molecule has 0 aliphatic carbocycles. The molecule has 170 valence electrons. The first-order valence-electron chi connectivity index (χ1n) is 10.8. The minimum Gasteiger partial charge on any atom is -0.492 e. The molecule has 1 aliphatic rings. The minimum atomic E-state index is -0.0671. The molecule has 2 aromatic carbocycles. The Morgan fingerprint density at radius 2 is 1.97 bits per heavy atom. The van der Waals surface area contributed by atoms with E-state index in [1.165, 1.54) is 11.8 Å². The summed E-state index contributed by atoms with van der Waals surface area (Å²) in [4.78, 5) is 15.4. The van der Waals surface area contributed by atoms with E-state index in [-0.39, 0.29) is 11.9 Å². The summed E-state index contributed by atoms with van der Waals surface area (Å²) in [5.41, 5.74) is 3.28. The fraction of sp³-hybridized carbons (Fsp3) is 0.240. The van der Waals surface area contributed by atoms with Gasteiger partial charge in [0.25, 0.3) is 5.91 Å². The van der Waals surface area contributed by atoms with Gasteiger partial charge < -0.3 is 4.74 Å². The summed E-state index contributed by atoms with van der Waals surface area (Å²) >= 11 is 13.3. The van der Waals surface area contributed by atoms with Gasteiger partial charge in [-0.2, -0.15) is 5.10 Å². The van der Waals surface area contributed by atoms with Gasteiger partial charge in [0.05, 0.1) is 22.2 Å². The predicted octanol–water partition coefficient (Wildman–Crippen LogP) is 6.59. The van der Waals surface area contributed by atoms with Gasteiger partial charge in [-0.05, 0) is 56.7 Å². The van der Waals surface area contributed by atoms with E-state index >= 15 is 0 Å². The monoisotopic (exact) mass is 497 g/mol. The fourth-order valence-electron chi connectivity index (χ4n) is 3.53. The molecule has 1 fully saturated rings. The molecule has 33 heavy (non-hydrogen) atoms. The third-order valence-electron chi connectivity index (χ3n) is 5.41. The number of rotatable bonds is 7. The highest BCUT2D eigenvalue weighted by Gasteiger charge is 2.35. The summed E-state index contributed by atoms with van der Waals surface area (Å²) < 4.78 is 7.96. The number of ether oxygens (including phenoxy) is 1. The number of halogens is 1.